The van der Waals surface area contributed by atoms with Gasteiger partial charge in [-0.25, -0.2) is 0 Å². The average Bonchev–Trinajstić information content (AvgIpc) is 2.39. The maximum atomic E-state index is 12.1. The summed E-state index contributed by atoms with van der Waals surface area (Å²) in [4.78, 5) is 12.1. The van der Waals surface area contributed by atoms with Gasteiger partial charge in [-0.2, -0.15) is 0 Å². The van der Waals surface area contributed by atoms with E-state index in [4.69, 9.17) is 11.6 Å². The Bertz CT molecular complexity index is 638. The minimum Gasteiger partial charge on any atom is -0.326 e. The molecule has 2 aromatic rings. The monoisotopic (exact) mass is 351 g/mol. The summed E-state index contributed by atoms with van der Waals surface area (Å²) >= 11 is 9.31. The van der Waals surface area contributed by atoms with Crippen LogP contribution in [0.15, 0.2) is 40.9 Å². The van der Waals surface area contributed by atoms with E-state index in [0.717, 1.165) is 26.9 Å². The molecular formula is C16H15BrClNO. The largest absolute Gasteiger partial charge is 0.326 e. The van der Waals surface area contributed by atoms with Crippen molar-refractivity contribution in [1.82, 2.24) is 0 Å². The second-order valence-electron chi connectivity index (χ2n) is 4.77. The molecule has 104 valence electrons. The minimum absolute atomic E-state index is 0.0304. The van der Waals surface area contributed by atoms with Crippen molar-refractivity contribution < 1.29 is 4.79 Å². The van der Waals surface area contributed by atoms with Crippen LogP contribution in [0, 0.1) is 13.8 Å². The van der Waals surface area contributed by atoms with Crippen molar-refractivity contribution in [1.29, 1.82) is 0 Å². The summed E-state index contributed by atoms with van der Waals surface area (Å²) in [7, 11) is 0. The van der Waals surface area contributed by atoms with E-state index in [1.54, 1.807) is 12.1 Å². The predicted molar refractivity (Wildman–Crippen MR) is 87.4 cm³/mol. The highest BCUT2D eigenvalue weighted by Gasteiger charge is 2.08. The lowest BCUT2D eigenvalue weighted by Crippen LogP contribution is -2.15. The molecule has 0 aliphatic heterocycles. The number of carbonyl (C=O) groups is 1. The summed E-state index contributed by atoms with van der Waals surface area (Å²) < 4.78 is 1.05. The van der Waals surface area contributed by atoms with Crippen molar-refractivity contribution >= 4 is 39.1 Å². The standard InChI is InChI=1S/C16H15BrClNO/c1-10-8-15(11(2)7-14(10)17)19-16(20)9-12-3-5-13(18)6-4-12/h3-8H,9H2,1-2H3,(H,19,20). The molecule has 0 unspecified atom stereocenters. The Morgan fingerprint density at radius 1 is 1.15 bits per heavy atom. The highest BCUT2D eigenvalue weighted by molar-refractivity contribution is 9.10. The molecule has 0 fully saturated rings. The Morgan fingerprint density at radius 2 is 1.80 bits per heavy atom. The van der Waals surface area contributed by atoms with E-state index in [1.807, 2.05) is 38.1 Å². The molecule has 0 aliphatic carbocycles. The molecule has 0 aliphatic rings. The molecule has 1 amide bonds. The minimum atomic E-state index is -0.0304. The Hall–Kier alpha value is -1.32. The van der Waals surface area contributed by atoms with Crippen LogP contribution in [0.2, 0.25) is 5.02 Å². The van der Waals surface area contributed by atoms with Crippen molar-refractivity contribution in [2.24, 2.45) is 0 Å². The summed E-state index contributed by atoms with van der Waals surface area (Å²) in [5.74, 6) is -0.0304. The molecule has 0 radical (unpaired) electrons. The molecule has 4 heteroatoms. The van der Waals surface area contributed by atoms with Gasteiger partial charge < -0.3 is 5.32 Å². The molecule has 2 aromatic carbocycles. The van der Waals surface area contributed by atoms with Crippen molar-refractivity contribution in [3.05, 3.63) is 62.6 Å². The van der Waals surface area contributed by atoms with Gasteiger partial charge in [0.15, 0.2) is 0 Å². The first-order chi connectivity index (χ1) is 9.45. The molecule has 0 aromatic heterocycles. The van der Waals surface area contributed by atoms with E-state index in [9.17, 15) is 4.79 Å². The number of nitrogens with one attached hydrogen (secondary N) is 1. The molecule has 0 saturated heterocycles. The highest BCUT2D eigenvalue weighted by atomic mass is 79.9. The van der Waals surface area contributed by atoms with Gasteiger partial charge in [0.2, 0.25) is 5.91 Å². The maximum absolute atomic E-state index is 12.1. The molecule has 0 saturated carbocycles. The maximum Gasteiger partial charge on any atom is 0.228 e. The summed E-state index contributed by atoms with van der Waals surface area (Å²) in [5.41, 5.74) is 3.92. The van der Waals surface area contributed by atoms with Crippen molar-refractivity contribution in [3.63, 3.8) is 0 Å². The first-order valence-electron chi connectivity index (χ1n) is 6.27. The SMILES string of the molecule is Cc1cc(NC(=O)Cc2ccc(Cl)cc2)c(C)cc1Br. The third-order valence-corrected chi connectivity index (χ3v) is 4.16. The molecular weight excluding hydrogens is 338 g/mol. The highest BCUT2D eigenvalue weighted by Crippen LogP contribution is 2.24. The molecule has 1 N–H and O–H groups in total. The molecule has 2 rings (SSSR count). The van der Waals surface area contributed by atoms with Crippen LogP contribution in [0.5, 0.6) is 0 Å². The lowest BCUT2D eigenvalue weighted by molar-refractivity contribution is -0.115. The molecule has 0 spiro atoms. The predicted octanol–water partition coefficient (Wildman–Crippen LogP) is 4.90. The third-order valence-electron chi connectivity index (χ3n) is 3.06. The van der Waals surface area contributed by atoms with Crippen LogP contribution in [0.25, 0.3) is 0 Å². The van der Waals surface area contributed by atoms with E-state index >= 15 is 0 Å². The van der Waals surface area contributed by atoms with Gasteiger partial charge in [0, 0.05) is 15.2 Å². The van der Waals surface area contributed by atoms with Crippen molar-refractivity contribution in [3.8, 4) is 0 Å². The van der Waals surface area contributed by atoms with Crippen LogP contribution < -0.4 is 5.32 Å². The Labute approximate surface area is 132 Å². The number of rotatable bonds is 3. The lowest BCUT2D eigenvalue weighted by Gasteiger charge is -2.11. The van der Waals surface area contributed by atoms with Gasteiger partial charge in [-0.15, -0.1) is 0 Å². The van der Waals surface area contributed by atoms with Gasteiger partial charge in [0.1, 0.15) is 0 Å². The Morgan fingerprint density at radius 3 is 2.45 bits per heavy atom. The lowest BCUT2D eigenvalue weighted by atomic mass is 10.1. The first kappa shape index (κ1) is 15.1. The summed E-state index contributed by atoms with van der Waals surface area (Å²) in [6.45, 7) is 3.97. The van der Waals surface area contributed by atoms with Crippen LogP contribution in [0.3, 0.4) is 0 Å². The van der Waals surface area contributed by atoms with Gasteiger partial charge in [0.25, 0.3) is 0 Å². The van der Waals surface area contributed by atoms with Crippen LogP contribution >= 0.6 is 27.5 Å². The molecule has 2 nitrogen and oxygen atoms in total. The smallest absolute Gasteiger partial charge is 0.228 e. The number of hydrogen-bond acceptors (Lipinski definition) is 1. The van der Waals surface area contributed by atoms with Gasteiger partial charge in [0.05, 0.1) is 6.42 Å². The first-order valence-corrected chi connectivity index (χ1v) is 7.44. The van der Waals surface area contributed by atoms with Crippen LogP contribution in [0.1, 0.15) is 16.7 Å². The fourth-order valence-corrected chi connectivity index (χ4v) is 2.48. The van der Waals surface area contributed by atoms with Crippen molar-refractivity contribution in [2.45, 2.75) is 20.3 Å². The van der Waals surface area contributed by atoms with E-state index < -0.39 is 0 Å². The van der Waals surface area contributed by atoms with Crippen LogP contribution in [0.4, 0.5) is 5.69 Å². The molecule has 0 atom stereocenters. The van der Waals surface area contributed by atoms with Crippen LogP contribution in [-0.4, -0.2) is 5.91 Å². The Kier molecular flexibility index (Phi) is 4.84. The van der Waals surface area contributed by atoms with Gasteiger partial charge in [-0.3, -0.25) is 4.79 Å². The zero-order valence-corrected chi connectivity index (χ0v) is 13.7. The zero-order chi connectivity index (χ0) is 14.7. The number of aryl methyl sites for hydroxylation is 2. The normalized spacial score (nSPS) is 10.4. The Balaban J connectivity index is 2.08. The topological polar surface area (TPSA) is 29.1 Å². The van der Waals surface area contributed by atoms with Crippen molar-refractivity contribution in [2.75, 3.05) is 5.32 Å². The van der Waals surface area contributed by atoms with Gasteiger partial charge >= 0.3 is 0 Å². The number of halogens is 2. The molecule has 20 heavy (non-hydrogen) atoms. The van der Waals surface area contributed by atoms with Crippen LogP contribution in [-0.2, 0) is 11.2 Å². The quantitative estimate of drug-likeness (QED) is 0.836. The fraction of sp³-hybridized carbons (Fsp3) is 0.188. The second kappa shape index (κ2) is 6.42. The fourth-order valence-electron chi connectivity index (χ4n) is 1.90. The number of anilines is 1. The van der Waals surface area contributed by atoms with E-state index in [1.165, 1.54) is 0 Å². The third kappa shape index (κ3) is 3.84. The number of benzene rings is 2. The van der Waals surface area contributed by atoms with E-state index in [-0.39, 0.29) is 5.91 Å². The molecule has 0 heterocycles. The van der Waals surface area contributed by atoms with E-state index in [2.05, 4.69) is 21.2 Å². The van der Waals surface area contributed by atoms with Gasteiger partial charge in [-0.05, 0) is 54.8 Å². The number of amides is 1. The second-order valence-corrected chi connectivity index (χ2v) is 6.06. The number of carbonyl (C=O) groups excluding carboxylic acids is 1. The average molecular weight is 353 g/mol. The van der Waals surface area contributed by atoms with Gasteiger partial charge in [-0.1, -0.05) is 39.7 Å². The summed E-state index contributed by atoms with van der Waals surface area (Å²) in [6.07, 6.45) is 0.339. The number of hydrogen-bond donors (Lipinski definition) is 1. The zero-order valence-electron chi connectivity index (χ0n) is 11.3. The summed E-state index contributed by atoms with van der Waals surface area (Å²) in [6, 6.07) is 11.3. The molecule has 0 bridgehead atoms. The summed E-state index contributed by atoms with van der Waals surface area (Å²) in [5, 5.41) is 3.62. The van der Waals surface area contributed by atoms with E-state index in [0.29, 0.717) is 11.4 Å².